The molecule has 0 saturated heterocycles. The summed E-state index contributed by atoms with van der Waals surface area (Å²) in [6.45, 7) is 2.63. The second-order valence-corrected chi connectivity index (χ2v) is 8.36. The molecule has 1 aliphatic rings. The van der Waals surface area contributed by atoms with Gasteiger partial charge in [-0.3, -0.25) is 4.79 Å². The summed E-state index contributed by atoms with van der Waals surface area (Å²) in [6.07, 6.45) is 1.34. The molecular weight excluding hydrogens is 386 g/mol. The smallest absolute Gasteiger partial charge is 0.147 e. The van der Waals surface area contributed by atoms with Gasteiger partial charge >= 0.3 is 0 Å². The van der Waals surface area contributed by atoms with Gasteiger partial charge in [0.05, 0.1) is 6.54 Å². The van der Waals surface area contributed by atoms with E-state index in [0.717, 1.165) is 35.6 Å². The molecule has 0 radical (unpaired) electrons. The van der Waals surface area contributed by atoms with E-state index in [9.17, 15) is 9.90 Å². The molecule has 3 aromatic rings. The second kappa shape index (κ2) is 8.19. The fraction of sp³-hybridized carbons (Fsp3) is 0.348. The fourth-order valence-electron chi connectivity index (χ4n) is 4.38. The number of aromatic hydroxyl groups is 1. The number of Topliss-reactive ketones (excluding diaryl/α,β-unsaturated/α-hetero) is 1. The first kappa shape index (κ1) is 20.0. The number of carbonyl (C=O) groups is 1. The summed E-state index contributed by atoms with van der Waals surface area (Å²) in [5.41, 5.74) is 10.4. The topological polar surface area (TPSA) is 71.5 Å². The summed E-state index contributed by atoms with van der Waals surface area (Å²) in [7, 11) is 2.13. The number of nitrogens with two attached hydrogens (primary N) is 1. The maximum absolute atomic E-state index is 12.2. The molecule has 0 fully saturated rings. The van der Waals surface area contributed by atoms with Crippen LogP contribution in [0.15, 0.2) is 42.5 Å². The number of hydrogen-bond donors (Lipinski definition) is 2. The summed E-state index contributed by atoms with van der Waals surface area (Å²) >= 11 is 6.31. The Morgan fingerprint density at radius 3 is 2.72 bits per heavy atom. The summed E-state index contributed by atoms with van der Waals surface area (Å²) in [5.74, 6) is 0.247. The number of benzene rings is 2. The van der Waals surface area contributed by atoms with E-state index in [4.69, 9.17) is 17.3 Å². The molecule has 0 spiro atoms. The van der Waals surface area contributed by atoms with Crippen LogP contribution in [0.4, 0.5) is 0 Å². The molecule has 1 unspecified atom stereocenters. The molecule has 4 rings (SSSR count). The Kier molecular flexibility index (Phi) is 5.63. The molecule has 0 bridgehead atoms. The van der Waals surface area contributed by atoms with Crippen LogP contribution in [0.1, 0.15) is 29.2 Å². The number of halogens is 1. The molecule has 3 N–H and O–H groups in total. The molecular formula is C23H26ClN3O2. The highest BCUT2D eigenvalue weighted by Gasteiger charge is 2.25. The van der Waals surface area contributed by atoms with Crippen molar-refractivity contribution in [2.45, 2.75) is 31.8 Å². The highest BCUT2D eigenvalue weighted by atomic mass is 35.5. The first-order chi connectivity index (χ1) is 14.0. The van der Waals surface area contributed by atoms with Gasteiger partial charge in [-0.1, -0.05) is 23.7 Å². The number of aromatic nitrogens is 1. The lowest BCUT2D eigenvalue weighted by molar-refractivity contribution is -0.118. The zero-order valence-corrected chi connectivity index (χ0v) is 17.3. The van der Waals surface area contributed by atoms with Gasteiger partial charge in [-0.15, -0.1) is 0 Å². The summed E-state index contributed by atoms with van der Waals surface area (Å²) in [5, 5.41) is 11.6. The minimum Gasteiger partial charge on any atom is -0.508 e. The predicted molar refractivity (Wildman–Crippen MR) is 117 cm³/mol. The van der Waals surface area contributed by atoms with Crippen molar-refractivity contribution in [1.29, 1.82) is 0 Å². The highest BCUT2D eigenvalue weighted by molar-refractivity contribution is 6.31. The number of fused-ring (bicyclic) bond motifs is 3. The lowest BCUT2D eigenvalue weighted by Crippen LogP contribution is -2.28. The van der Waals surface area contributed by atoms with E-state index in [2.05, 4.69) is 22.6 Å². The number of ketones is 1. The van der Waals surface area contributed by atoms with Crippen LogP contribution in [-0.2, 0) is 24.3 Å². The van der Waals surface area contributed by atoms with Gasteiger partial charge in [0.2, 0.25) is 0 Å². The van der Waals surface area contributed by atoms with Crippen LogP contribution >= 0.6 is 11.6 Å². The number of nitrogens with zero attached hydrogens (tertiary/aromatic N) is 2. The average molecular weight is 412 g/mol. The molecule has 152 valence electrons. The third kappa shape index (κ3) is 4.04. The molecule has 29 heavy (non-hydrogen) atoms. The highest BCUT2D eigenvalue weighted by Crippen LogP contribution is 2.35. The SMILES string of the molecule is CN1CCc2c(c3cc(Cl)ccc3n2CC(CC(=O)CN)c2ccc(O)cc2)C1. The molecule has 2 heterocycles. The van der Waals surface area contributed by atoms with E-state index >= 15 is 0 Å². The van der Waals surface area contributed by atoms with Crippen molar-refractivity contribution in [1.82, 2.24) is 9.47 Å². The quantitative estimate of drug-likeness (QED) is 0.648. The Balaban J connectivity index is 1.79. The molecule has 1 aliphatic heterocycles. The third-order valence-corrected chi connectivity index (χ3v) is 6.11. The van der Waals surface area contributed by atoms with Crippen molar-refractivity contribution in [3.05, 3.63) is 64.3 Å². The lowest BCUT2D eigenvalue weighted by Gasteiger charge is -2.26. The van der Waals surface area contributed by atoms with E-state index in [1.165, 1.54) is 16.6 Å². The van der Waals surface area contributed by atoms with Gasteiger partial charge < -0.3 is 20.3 Å². The molecule has 1 aromatic heterocycles. The number of phenolic OH excluding ortho intramolecular Hbond substituents is 1. The molecule has 0 amide bonds. The van der Waals surface area contributed by atoms with E-state index in [1.54, 1.807) is 12.1 Å². The maximum Gasteiger partial charge on any atom is 0.147 e. The van der Waals surface area contributed by atoms with E-state index < -0.39 is 0 Å². The van der Waals surface area contributed by atoms with Gasteiger partial charge in [0.15, 0.2) is 0 Å². The molecule has 6 heteroatoms. The zero-order valence-electron chi connectivity index (χ0n) is 16.6. The standard InChI is InChI=1S/C23H26ClN3O2/c1-26-9-8-23-21(14-26)20-11-17(24)4-7-22(20)27(23)13-16(10-19(29)12-25)15-2-5-18(28)6-3-15/h2-7,11,16,28H,8-10,12-14,25H2,1H3. The van der Waals surface area contributed by atoms with Gasteiger partial charge in [-0.05, 0) is 48.5 Å². The van der Waals surface area contributed by atoms with Crippen LogP contribution in [-0.4, -0.2) is 40.5 Å². The van der Waals surface area contributed by atoms with Crippen LogP contribution in [0.25, 0.3) is 10.9 Å². The summed E-state index contributed by atoms with van der Waals surface area (Å²) in [6, 6.07) is 13.2. The van der Waals surface area contributed by atoms with Crippen molar-refractivity contribution >= 4 is 28.3 Å². The van der Waals surface area contributed by atoms with Crippen LogP contribution in [0.3, 0.4) is 0 Å². The van der Waals surface area contributed by atoms with Gasteiger partial charge in [0.1, 0.15) is 11.5 Å². The molecule has 0 saturated carbocycles. The molecule has 2 aromatic carbocycles. The van der Waals surface area contributed by atoms with Crippen molar-refractivity contribution in [3.63, 3.8) is 0 Å². The lowest BCUT2D eigenvalue weighted by atomic mass is 9.93. The number of phenols is 1. The van der Waals surface area contributed by atoms with Crippen LogP contribution in [0, 0.1) is 0 Å². The minimum absolute atomic E-state index is 0.0123. The number of hydrogen-bond acceptors (Lipinski definition) is 4. The predicted octanol–water partition coefficient (Wildman–Crippen LogP) is 3.69. The largest absolute Gasteiger partial charge is 0.508 e. The second-order valence-electron chi connectivity index (χ2n) is 7.92. The Hall–Kier alpha value is -2.34. The zero-order chi connectivity index (χ0) is 20.5. The first-order valence-electron chi connectivity index (χ1n) is 9.95. The average Bonchev–Trinajstić information content (AvgIpc) is 3.00. The van der Waals surface area contributed by atoms with Crippen LogP contribution in [0.2, 0.25) is 5.02 Å². The summed E-state index contributed by atoms with van der Waals surface area (Å²) in [4.78, 5) is 14.5. The normalized spacial score (nSPS) is 15.4. The molecule has 1 atom stereocenters. The number of carbonyl (C=O) groups excluding carboxylic acids is 1. The van der Waals surface area contributed by atoms with Gasteiger partial charge in [0.25, 0.3) is 0 Å². The third-order valence-electron chi connectivity index (χ3n) is 5.88. The van der Waals surface area contributed by atoms with Gasteiger partial charge in [-0.25, -0.2) is 0 Å². The Morgan fingerprint density at radius 1 is 1.24 bits per heavy atom. The van der Waals surface area contributed by atoms with Gasteiger partial charge in [0, 0.05) is 60.0 Å². The van der Waals surface area contributed by atoms with E-state index in [1.807, 2.05) is 24.3 Å². The Bertz CT molecular complexity index is 1040. The number of likely N-dealkylation sites (N-methyl/N-ethyl adjacent to an activating group) is 1. The summed E-state index contributed by atoms with van der Waals surface area (Å²) < 4.78 is 2.36. The fourth-order valence-corrected chi connectivity index (χ4v) is 4.55. The van der Waals surface area contributed by atoms with Crippen molar-refractivity contribution in [2.24, 2.45) is 5.73 Å². The number of rotatable bonds is 6. The van der Waals surface area contributed by atoms with Crippen LogP contribution in [0.5, 0.6) is 5.75 Å². The maximum atomic E-state index is 12.2. The monoisotopic (exact) mass is 411 g/mol. The minimum atomic E-state index is -0.0123. The Morgan fingerprint density at radius 2 is 2.00 bits per heavy atom. The van der Waals surface area contributed by atoms with Gasteiger partial charge in [-0.2, -0.15) is 0 Å². The van der Waals surface area contributed by atoms with Crippen molar-refractivity contribution < 1.29 is 9.90 Å². The van der Waals surface area contributed by atoms with Crippen LogP contribution < -0.4 is 5.73 Å². The van der Waals surface area contributed by atoms with E-state index in [0.29, 0.717) is 13.0 Å². The molecule has 5 nitrogen and oxygen atoms in total. The molecule has 0 aliphatic carbocycles. The first-order valence-corrected chi connectivity index (χ1v) is 10.3. The van der Waals surface area contributed by atoms with Crippen molar-refractivity contribution in [2.75, 3.05) is 20.1 Å². The van der Waals surface area contributed by atoms with Crippen molar-refractivity contribution in [3.8, 4) is 5.75 Å². The van der Waals surface area contributed by atoms with E-state index in [-0.39, 0.29) is 24.0 Å². The Labute approximate surface area is 175 Å².